The third-order valence-corrected chi connectivity index (χ3v) is 5.20. The molecule has 6 heteroatoms. The Balaban J connectivity index is 1.95. The van der Waals surface area contributed by atoms with Crippen LogP contribution in [0.1, 0.15) is 5.56 Å². The zero-order valence-electron chi connectivity index (χ0n) is 11.7. The highest BCUT2D eigenvalue weighted by molar-refractivity contribution is 9.10. The number of rotatable bonds is 3. The third-order valence-electron chi connectivity index (χ3n) is 3.44. The van der Waals surface area contributed by atoms with Crippen LogP contribution in [0.4, 0.5) is 5.69 Å². The van der Waals surface area contributed by atoms with Gasteiger partial charge in [0.05, 0.1) is 11.9 Å². The normalized spacial score (nSPS) is 11.0. The average molecular weight is 364 g/mol. The van der Waals surface area contributed by atoms with Gasteiger partial charge in [0.1, 0.15) is 4.47 Å². The molecule has 0 spiro atoms. The Hall–Kier alpha value is -1.66. The van der Waals surface area contributed by atoms with Crippen molar-refractivity contribution >= 4 is 43.0 Å². The SMILES string of the molecule is CN(Cc1csc2ccccc12)c1cnn(C)c(=O)c1Br. The van der Waals surface area contributed by atoms with Gasteiger partial charge in [0.25, 0.3) is 5.56 Å². The van der Waals surface area contributed by atoms with E-state index < -0.39 is 0 Å². The van der Waals surface area contributed by atoms with Crippen LogP contribution in [-0.4, -0.2) is 16.8 Å². The minimum absolute atomic E-state index is 0.130. The van der Waals surface area contributed by atoms with E-state index in [4.69, 9.17) is 0 Å². The molecule has 0 aliphatic heterocycles. The molecule has 0 N–H and O–H groups in total. The van der Waals surface area contributed by atoms with E-state index in [-0.39, 0.29) is 5.56 Å². The van der Waals surface area contributed by atoms with Gasteiger partial charge in [-0.25, -0.2) is 4.68 Å². The van der Waals surface area contributed by atoms with Crippen molar-refractivity contribution < 1.29 is 0 Å². The summed E-state index contributed by atoms with van der Waals surface area (Å²) in [7, 11) is 3.61. The van der Waals surface area contributed by atoms with Gasteiger partial charge in [-0.3, -0.25) is 4.79 Å². The molecule has 2 heterocycles. The lowest BCUT2D eigenvalue weighted by atomic mass is 10.1. The second-order valence-electron chi connectivity index (χ2n) is 4.89. The first-order chi connectivity index (χ1) is 10.1. The van der Waals surface area contributed by atoms with Crippen LogP contribution < -0.4 is 10.5 Å². The van der Waals surface area contributed by atoms with Gasteiger partial charge in [-0.1, -0.05) is 18.2 Å². The standard InChI is InChI=1S/C15H14BrN3OS/c1-18(12-7-17-19(2)15(20)14(12)16)8-10-9-21-13-6-4-3-5-11(10)13/h3-7,9H,8H2,1-2H3. The Morgan fingerprint density at radius 3 is 2.95 bits per heavy atom. The molecule has 108 valence electrons. The van der Waals surface area contributed by atoms with Crippen molar-refractivity contribution in [1.29, 1.82) is 0 Å². The molecule has 0 unspecified atom stereocenters. The van der Waals surface area contributed by atoms with E-state index in [2.05, 4.69) is 38.5 Å². The first-order valence-corrected chi connectivity index (χ1v) is 8.13. The molecule has 0 amide bonds. The highest BCUT2D eigenvalue weighted by Gasteiger charge is 2.13. The number of halogens is 1. The third kappa shape index (κ3) is 2.61. The predicted molar refractivity (Wildman–Crippen MR) is 91.1 cm³/mol. The summed E-state index contributed by atoms with van der Waals surface area (Å²) in [5.41, 5.74) is 1.92. The van der Waals surface area contributed by atoms with Crippen molar-refractivity contribution in [3.8, 4) is 0 Å². The molecule has 0 aliphatic rings. The Bertz CT molecular complexity index is 855. The summed E-state index contributed by atoms with van der Waals surface area (Å²) in [4.78, 5) is 14.0. The van der Waals surface area contributed by atoms with Gasteiger partial charge in [-0.15, -0.1) is 11.3 Å². The van der Waals surface area contributed by atoms with Gasteiger partial charge in [-0.05, 0) is 38.3 Å². The summed E-state index contributed by atoms with van der Waals surface area (Å²) in [5.74, 6) is 0. The topological polar surface area (TPSA) is 38.1 Å². The van der Waals surface area contributed by atoms with Crippen LogP contribution in [-0.2, 0) is 13.6 Å². The molecule has 0 saturated heterocycles. The van der Waals surface area contributed by atoms with Crippen molar-refractivity contribution in [2.45, 2.75) is 6.54 Å². The fourth-order valence-electron chi connectivity index (χ4n) is 2.26. The molecule has 4 nitrogen and oxygen atoms in total. The lowest BCUT2D eigenvalue weighted by molar-refractivity contribution is 0.698. The number of benzene rings is 1. The number of hydrogen-bond donors (Lipinski definition) is 0. The lowest BCUT2D eigenvalue weighted by Crippen LogP contribution is -2.25. The van der Waals surface area contributed by atoms with Crippen molar-refractivity contribution in [3.05, 3.63) is 56.2 Å². The minimum atomic E-state index is -0.130. The molecule has 1 aromatic carbocycles. The second kappa shape index (κ2) is 5.61. The first-order valence-electron chi connectivity index (χ1n) is 6.46. The lowest BCUT2D eigenvalue weighted by Gasteiger charge is -2.20. The quantitative estimate of drug-likeness (QED) is 0.715. The largest absolute Gasteiger partial charge is 0.368 e. The maximum Gasteiger partial charge on any atom is 0.282 e. The van der Waals surface area contributed by atoms with E-state index in [0.717, 1.165) is 12.2 Å². The molecule has 21 heavy (non-hydrogen) atoms. The molecule has 2 aromatic heterocycles. The molecular formula is C15H14BrN3OS. The first kappa shape index (κ1) is 14.3. The zero-order valence-corrected chi connectivity index (χ0v) is 14.1. The van der Waals surface area contributed by atoms with E-state index in [0.29, 0.717) is 4.47 Å². The number of fused-ring (bicyclic) bond motifs is 1. The van der Waals surface area contributed by atoms with Crippen LogP contribution in [0, 0.1) is 0 Å². The number of hydrogen-bond acceptors (Lipinski definition) is 4. The maximum atomic E-state index is 11.9. The molecule has 0 bridgehead atoms. The van der Waals surface area contributed by atoms with Crippen LogP contribution in [0.3, 0.4) is 0 Å². The Morgan fingerprint density at radius 1 is 1.38 bits per heavy atom. The molecule has 0 radical (unpaired) electrons. The molecule has 3 rings (SSSR count). The van der Waals surface area contributed by atoms with Gasteiger partial charge in [0.15, 0.2) is 0 Å². The van der Waals surface area contributed by atoms with Crippen LogP contribution >= 0.6 is 27.3 Å². The zero-order chi connectivity index (χ0) is 15.0. The van der Waals surface area contributed by atoms with Gasteiger partial charge in [0, 0.05) is 25.3 Å². The van der Waals surface area contributed by atoms with Gasteiger partial charge in [0.2, 0.25) is 0 Å². The van der Waals surface area contributed by atoms with Crippen LogP contribution in [0.15, 0.2) is 45.1 Å². The minimum Gasteiger partial charge on any atom is -0.368 e. The van der Waals surface area contributed by atoms with Crippen LogP contribution in [0.2, 0.25) is 0 Å². The fraction of sp³-hybridized carbons (Fsp3) is 0.200. The van der Waals surface area contributed by atoms with Crippen molar-refractivity contribution in [2.75, 3.05) is 11.9 Å². The number of anilines is 1. The summed E-state index contributed by atoms with van der Waals surface area (Å²) in [6.45, 7) is 0.734. The highest BCUT2D eigenvalue weighted by atomic mass is 79.9. The van der Waals surface area contributed by atoms with E-state index in [1.165, 1.54) is 20.3 Å². The van der Waals surface area contributed by atoms with Crippen molar-refractivity contribution in [1.82, 2.24) is 9.78 Å². The molecular weight excluding hydrogens is 350 g/mol. The Labute approximate surface area is 134 Å². The van der Waals surface area contributed by atoms with Crippen LogP contribution in [0.25, 0.3) is 10.1 Å². The fourth-order valence-corrected chi connectivity index (χ4v) is 3.88. The summed E-state index contributed by atoms with van der Waals surface area (Å²) in [6.07, 6.45) is 1.71. The van der Waals surface area contributed by atoms with E-state index in [1.807, 2.05) is 24.1 Å². The summed E-state index contributed by atoms with van der Waals surface area (Å²) >= 11 is 5.11. The molecule has 0 aliphatic carbocycles. The number of nitrogens with zero attached hydrogens (tertiary/aromatic N) is 3. The summed E-state index contributed by atoms with van der Waals surface area (Å²) in [5, 5.41) is 7.52. The van der Waals surface area contributed by atoms with Gasteiger partial charge in [-0.2, -0.15) is 5.10 Å². The molecule has 0 saturated carbocycles. The maximum absolute atomic E-state index is 11.9. The number of aromatic nitrogens is 2. The highest BCUT2D eigenvalue weighted by Crippen LogP contribution is 2.28. The van der Waals surface area contributed by atoms with E-state index in [9.17, 15) is 4.79 Å². The van der Waals surface area contributed by atoms with E-state index in [1.54, 1.807) is 24.6 Å². The summed E-state index contributed by atoms with van der Waals surface area (Å²) in [6, 6.07) is 8.35. The molecule has 0 fully saturated rings. The van der Waals surface area contributed by atoms with Gasteiger partial charge >= 0.3 is 0 Å². The predicted octanol–water partition coefficient (Wildman–Crippen LogP) is 3.39. The van der Waals surface area contributed by atoms with Crippen molar-refractivity contribution in [2.24, 2.45) is 7.05 Å². The van der Waals surface area contributed by atoms with Crippen molar-refractivity contribution in [3.63, 3.8) is 0 Å². The Morgan fingerprint density at radius 2 is 2.14 bits per heavy atom. The number of aryl methyl sites for hydroxylation is 1. The van der Waals surface area contributed by atoms with E-state index >= 15 is 0 Å². The molecule has 0 atom stereocenters. The van der Waals surface area contributed by atoms with Crippen LogP contribution in [0.5, 0.6) is 0 Å². The monoisotopic (exact) mass is 363 g/mol. The summed E-state index contributed by atoms with van der Waals surface area (Å²) < 4.78 is 3.14. The Kier molecular flexibility index (Phi) is 3.82. The average Bonchev–Trinajstić information content (AvgIpc) is 2.88. The smallest absolute Gasteiger partial charge is 0.282 e. The number of thiophene rings is 1. The molecule has 3 aromatic rings. The second-order valence-corrected chi connectivity index (χ2v) is 6.59. The van der Waals surface area contributed by atoms with Gasteiger partial charge < -0.3 is 4.90 Å².